The predicted octanol–water partition coefficient (Wildman–Crippen LogP) is 2.65. The highest BCUT2D eigenvalue weighted by Gasteiger charge is 2.06. The van der Waals surface area contributed by atoms with Gasteiger partial charge in [0.1, 0.15) is 0 Å². The Kier molecular flexibility index (Phi) is 3.16. The summed E-state index contributed by atoms with van der Waals surface area (Å²) in [7, 11) is 0. The number of H-pyrrole nitrogens is 1. The van der Waals surface area contributed by atoms with Gasteiger partial charge in [-0.2, -0.15) is 0 Å². The Balaban J connectivity index is 1.78. The number of benzene rings is 1. The van der Waals surface area contributed by atoms with Crippen LogP contribution in [0.1, 0.15) is 12.6 Å². The number of hydrogen-bond donors (Lipinski definition) is 2. The maximum atomic E-state index is 5.76. The Morgan fingerprint density at radius 3 is 3.16 bits per heavy atom. The first kappa shape index (κ1) is 12.1. The van der Waals surface area contributed by atoms with E-state index in [0.29, 0.717) is 0 Å². The lowest BCUT2D eigenvalue weighted by atomic mass is 10.3. The van der Waals surface area contributed by atoms with Crippen molar-refractivity contribution < 1.29 is 0 Å². The fraction of sp³-hybridized carbons (Fsp3) is 0.231. The molecule has 3 rings (SSSR count). The van der Waals surface area contributed by atoms with Crippen molar-refractivity contribution in [3.8, 4) is 0 Å². The maximum Gasteiger partial charge on any atom is 0.166 e. The zero-order valence-electron chi connectivity index (χ0n) is 10.6. The number of fused-ring (bicyclic) bond motifs is 1. The van der Waals surface area contributed by atoms with E-state index in [4.69, 9.17) is 5.73 Å². The first-order valence-corrected chi connectivity index (χ1v) is 7.12. The fourth-order valence-corrected chi connectivity index (χ4v) is 2.84. The molecule has 0 aliphatic rings. The summed E-state index contributed by atoms with van der Waals surface area (Å²) in [6, 6.07) is 5.70. The third kappa shape index (κ3) is 2.44. The van der Waals surface area contributed by atoms with Crippen LogP contribution in [0.3, 0.4) is 0 Å². The molecule has 1 aromatic carbocycles. The summed E-state index contributed by atoms with van der Waals surface area (Å²) < 4.78 is 2.13. The maximum absolute atomic E-state index is 5.76. The molecule has 0 bridgehead atoms. The van der Waals surface area contributed by atoms with Crippen LogP contribution in [0.25, 0.3) is 11.0 Å². The lowest BCUT2D eigenvalue weighted by Crippen LogP contribution is -1.97. The third-order valence-electron chi connectivity index (χ3n) is 2.98. The second kappa shape index (κ2) is 4.97. The second-order valence-corrected chi connectivity index (χ2v) is 5.24. The van der Waals surface area contributed by atoms with Crippen molar-refractivity contribution in [2.75, 3.05) is 5.73 Å². The van der Waals surface area contributed by atoms with Gasteiger partial charge in [0.15, 0.2) is 5.16 Å². The molecule has 0 amide bonds. The van der Waals surface area contributed by atoms with Gasteiger partial charge in [0.25, 0.3) is 0 Å². The Bertz CT molecular complexity index is 700. The first-order chi connectivity index (χ1) is 9.26. The number of imidazole rings is 2. The standard InChI is InChI=1S/C13H15N5S/c1-2-18-8-15-6-10(18)7-19-13-16-11-4-3-9(14)5-12(11)17-13/h3-6,8H,2,7,14H2,1H3,(H,16,17). The molecule has 0 fully saturated rings. The Morgan fingerprint density at radius 1 is 1.42 bits per heavy atom. The molecular weight excluding hydrogens is 258 g/mol. The molecule has 0 saturated heterocycles. The number of nitrogens with two attached hydrogens (primary N) is 1. The van der Waals surface area contributed by atoms with E-state index in [2.05, 4.69) is 26.4 Å². The highest BCUT2D eigenvalue weighted by molar-refractivity contribution is 7.98. The van der Waals surface area contributed by atoms with E-state index in [1.54, 1.807) is 11.8 Å². The van der Waals surface area contributed by atoms with Gasteiger partial charge in [-0.3, -0.25) is 0 Å². The molecule has 0 atom stereocenters. The van der Waals surface area contributed by atoms with Crippen LogP contribution in [0.5, 0.6) is 0 Å². The number of anilines is 1. The number of rotatable bonds is 4. The van der Waals surface area contributed by atoms with Gasteiger partial charge in [0.2, 0.25) is 0 Å². The molecule has 3 aromatic rings. The molecule has 0 saturated carbocycles. The largest absolute Gasteiger partial charge is 0.399 e. The van der Waals surface area contributed by atoms with Crippen LogP contribution in [-0.2, 0) is 12.3 Å². The van der Waals surface area contributed by atoms with Crippen LogP contribution >= 0.6 is 11.8 Å². The van der Waals surface area contributed by atoms with Gasteiger partial charge >= 0.3 is 0 Å². The number of nitrogen functional groups attached to an aromatic ring is 1. The number of aromatic amines is 1. The zero-order valence-corrected chi connectivity index (χ0v) is 11.4. The molecule has 2 aromatic heterocycles. The second-order valence-electron chi connectivity index (χ2n) is 4.28. The lowest BCUT2D eigenvalue weighted by molar-refractivity contribution is 0.733. The van der Waals surface area contributed by atoms with E-state index in [1.807, 2.05) is 30.7 Å². The van der Waals surface area contributed by atoms with Crippen LogP contribution in [0, 0.1) is 0 Å². The number of aryl methyl sites for hydroxylation is 1. The topological polar surface area (TPSA) is 72.5 Å². The van der Waals surface area contributed by atoms with Crippen molar-refractivity contribution in [2.45, 2.75) is 24.4 Å². The zero-order chi connectivity index (χ0) is 13.2. The van der Waals surface area contributed by atoms with Gasteiger partial charge in [-0.25, -0.2) is 9.97 Å². The summed E-state index contributed by atoms with van der Waals surface area (Å²) in [5.41, 5.74) is 9.63. The van der Waals surface area contributed by atoms with Gasteiger partial charge < -0.3 is 15.3 Å². The van der Waals surface area contributed by atoms with Gasteiger partial charge in [0.05, 0.1) is 17.4 Å². The highest BCUT2D eigenvalue weighted by Crippen LogP contribution is 2.23. The van der Waals surface area contributed by atoms with Gasteiger partial charge in [-0.1, -0.05) is 11.8 Å². The molecule has 3 N–H and O–H groups in total. The predicted molar refractivity (Wildman–Crippen MR) is 78.0 cm³/mol. The molecule has 19 heavy (non-hydrogen) atoms. The summed E-state index contributed by atoms with van der Waals surface area (Å²) in [5, 5.41) is 0.907. The van der Waals surface area contributed by atoms with E-state index >= 15 is 0 Å². The van der Waals surface area contributed by atoms with Crippen molar-refractivity contribution in [3.63, 3.8) is 0 Å². The average molecular weight is 273 g/mol. The molecule has 0 unspecified atom stereocenters. The van der Waals surface area contributed by atoms with Crippen molar-refractivity contribution in [1.29, 1.82) is 0 Å². The van der Waals surface area contributed by atoms with Crippen LogP contribution in [-0.4, -0.2) is 19.5 Å². The summed E-state index contributed by atoms with van der Waals surface area (Å²) in [5.74, 6) is 0.850. The summed E-state index contributed by atoms with van der Waals surface area (Å²) in [6.07, 6.45) is 3.76. The Hall–Kier alpha value is -1.95. The van der Waals surface area contributed by atoms with Gasteiger partial charge in [-0.05, 0) is 25.1 Å². The minimum atomic E-state index is 0.747. The van der Waals surface area contributed by atoms with E-state index in [0.717, 1.165) is 34.2 Å². The molecule has 6 heteroatoms. The molecular formula is C13H15N5S. The summed E-state index contributed by atoms with van der Waals surface area (Å²) >= 11 is 1.67. The molecule has 0 aliphatic heterocycles. The first-order valence-electron chi connectivity index (χ1n) is 6.13. The van der Waals surface area contributed by atoms with Gasteiger partial charge in [-0.15, -0.1) is 0 Å². The minimum absolute atomic E-state index is 0.747. The molecule has 5 nitrogen and oxygen atoms in total. The lowest BCUT2D eigenvalue weighted by Gasteiger charge is -2.02. The fourth-order valence-electron chi connectivity index (χ4n) is 1.97. The Morgan fingerprint density at radius 2 is 2.32 bits per heavy atom. The number of thioether (sulfide) groups is 1. The minimum Gasteiger partial charge on any atom is -0.399 e. The van der Waals surface area contributed by atoms with Crippen LogP contribution in [0.15, 0.2) is 35.9 Å². The number of nitrogens with zero attached hydrogens (tertiary/aromatic N) is 3. The molecule has 98 valence electrons. The van der Waals surface area contributed by atoms with Crippen molar-refractivity contribution in [3.05, 3.63) is 36.4 Å². The summed E-state index contributed by atoms with van der Waals surface area (Å²) in [4.78, 5) is 12.0. The van der Waals surface area contributed by atoms with Crippen LogP contribution in [0.2, 0.25) is 0 Å². The SMILES string of the molecule is CCn1cncc1CSc1nc2ccc(N)cc2[nH]1. The van der Waals surface area contributed by atoms with E-state index in [-0.39, 0.29) is 0 Å². The van der Waals surface area contributed by atoms with Crippen LogP contribution < -0.4 is 5.73 Å². The van der Waals surface area contributed by atoms with E-state index < -0.39 is 0 Å². The third-order valence-corrected chi connectivity index (χ3v) is 3.89. The molecule has 2 heterocycles. The monoisotopic (exact) mass is 273 g/mol. The normalized spacial score (nSPS) is 11.2. The van der Waals surface area contributed by atoms with Crippen molar-refractivity contribution in [2.24, 2.45) is 0 Å². The van der Waals surface area contributed by atoms with Crippen molar-refractivity contribution in [1.82, 2.24) is 19.5 Å². The molecule has 0 aliphatic carbocycles. The van der Waals surface area contributed by atoms with Gasteiger partial charge in [0, 0.05) is 29.9 Å². The molecule has 0 spiro atoms. The van der Waals surface area contributed by atoms with Crippen molar-refractivity contribution >= 4 is 28.5 Å². The Labute approximate surface area is 115 Å². The highest BCUT2D eigenvalue weighted by atomic mass is 32.2. The van der Waals surface area contributed by atoms with E-state index in [1.165, 1.54) is 5.69 Å². The van der Waals surface area contributed by atoms with Crippen LogP contribution in [0.4, 0.5) is 5.69 Å². The quantitative estimate of drug-likeness (QED) is 0.566. The van der Waals surface area contributed by atoms with E-state index in [9.17, 15) is 0 Å². The summed E-state index contributed by atoms with van der Waals surface area (Å²) in [6.45, 7) is 3.05. The number of aromatic nitrogens is 4. The smallest absolute Gasteiger partial charge is 0.166 e. The number of hydrogen-bond acceptors (Lipinski definition) is 4. The molecule has 0 radical (unpaired) electrons. The number of nitrogens with one attached hydrogen (secondary N) is 1. The average Bonchev–Trinajstić information content (AvgIpc) is 3.01.